The lowest BCUT2D eigenvalue weighted by Gasteiger charge is -1.93. The van der Waals surface area contributed by atoms with Gasteiger partial charge in [0, 0.05) is 11.3 Å². The van der Waals surface area contributed by atoms with Crippen LogP contribution in [0.4, 0.5) is 0 Å². The average molecular weight is 225 g/mol. The van der Waals surface area contributed by atoms with Crippen LogP contribution in [0.2, 0.25) is 0 Å². The molecular weight excluding hydrogens is 212 g/mol. The molecule has 0 aliphatic rings. The number of imidazole rings is 1. The summed E-state index contributed by atoms with van der Waals surface area (Å²) >= 11 is 0. The first-order chi connectivity index (χ1) is 6.81. The van der Waals surface area contributed by atoms with Crippen molar-refractivity contribution in [3.63, 3.8) is 0 Å². The van der Waals surface area contributed by atoms with E-state index in [-0.39, 0.29) is 19.0 Å². The Hall–Kier alpha value is -1.32. The molecule has 0 spiro atoms. The third-order valence-corrected chi connectivity index (χ3v) is 2.18. The standard InChI is InChI=1S/C11H12N2O.ClH/c1-8-10(7-14)13-11(12-8)9-5-3-2-4-6-9;/h2-6,14H,7H2,1H3,(H,12,13);1H. The Bertz CT molecular complexity index is 425. The highest BCUT2D eigenvalue weighted by atomic mass is 35.5. The van der Waals surface area contributed by atoms with E-state index in [1.807, 2.05) is 37.3 Å². The number of hydrogen-bond donors (Lipinski definition) is 2. The van der Waals surface area contributed by atoms with Gasteiger partial charge in [-0.25, -0.2) is 4.98 Å². The largest absolute Gasteiger partial charge is 0.390 e. The first kappa shape index (κ1) is 11.8. The number of rotatable bonds is 2. The van der Waals surface area contributed by atoms with Crippen LogP contribution in [-0.4, -0.2) is 15.1 Å². The van der Waals surface area contributed by atoms with Gasteiger partial charge >= 0.3 is 0 Å². The number of benzene rings is 1. The summed E-state index contributed by atoms with van der Waals surface area (Å²) in [6.07, 6.45) is 0. The summed E-state index contributed by atoms with van der Waals surface area (Å²) < 4.78 is 0. The van der Waals surface area contributed by atoms with Gasteiger partial charge < -0.3 is 10.1 Å². The van der Waals surface area contributed by atoms with E-state index in [0.29, 0.717) is 5.69 Å². The first-order valence-electron chi connectivity index (χ1n) is 4.53. The van der Waals surface area contributed by atoms with Crippen molar-refractivity contribution in [1.29, 1.82) is 0 Å². The van der Waals surface area contributed by atoms with E-state index in [1.54, 1.807) is 0 Å². The Morgan fingerprint density at radius 1 is 1.27 bits per heavy atom. The lowest BCUT2D eigenvalue weighted by Crippen LogP contribution is -1.85. The van der Waals surface area contributed by atoms with Crippen molar-refractivity contribution in [1.82, 2.24) is 9.97 Å². The Kier molecular flexibility index (Phi) is 3.88. The van der Waals surface area contributed by atoms with Gasteiger partial charge in [-0.3, -0.25) is 0 Å². The molecule has 0 atom stereocenters. The second-order valence-corrected chi connectivity index (χ2v) is 3.18. The van der Waals surface area contributed by atoms with Gasteiger partial charge in [-0.1, -0.05) is 30.3 Å². The lowest BCUT2D eigenvalue weighted by molar-refractivity contribution is 0.276. The zero-order valence-corrected chi connectivity index (χ0v) is 9.21. The highest BCUT2D eigenvalue weighted by Gasteiger charge is 2.06. The number of nitrogens with zero attached hydrogens (tertiary/aromatic N) is 1. The summed E-state index contributed by atoms with van der Waals surface area (Å²) in [4.78, 5) is 7.43. The topological polar surface area (TPSA) is 48.9 Å². The lowest BCUT2D eigenvalue weighted by atomic mass is 10.2. The molecule has 0 saturated carbocycles. The minimum Gasteiger partial charge on any atom is -0.390 e. The van der Waals surface area contributed by atoms with Crippen LogP contribution in [0.25, 0.3) is 11.4 Å². The summed E-state index contributed by atoms with van der Waals surface area (Å²) in [5.74, 6) is 0.812. The van der Waals surface area contributed by atoms with Crippen LogP contribution in [0.3, 0.4) is 0 Å². The van der Waals surface area contributed by atoms with Gasteiger partial charge in [-0.15, -0.1) is 12.4 Å². The van der Waals surface area contributed by atoms with E-state index in [0.717, 1.165) is 17.1 Å². The minimum absolute atomic E-state index is 0. The Morgan fingerprint density at radius 3 is 2.47 bits per heavy atom. The molecule has 0 unspecified atom stereocenters. The van der Waals surface area contributed by atoms with Crippen LogP contribution in [0.15, 0.2) is 30.3 Å². The van der Waals surface area contributed by atoms with E-state index >= 15 is 0 Å². The molecule has 0 aliphatic heterocycles. The SMILES string of the molecule is Cc1[nH]c(-c2ccccc2)nc1CO.Cl. The van der Waals surface area contributed by atoms with E-state index in [9.17, 15) is 0 Å². The number of halogens is 1. The molecular formula is C11H13ClN2O. The van der Waals surface area contributed by atoms with Gasteiger partial charge in [0.2, 0.25) is 0 Å². The van der Waals surface area contributed by atoms with Crippen molar-refractivity contribution in [3.8, 4) is 11.4 Å². The van der Waals surface area contributed by atoms with Crippen molar-refractivity contribution in [2.75, 3.05) is 0 Å². The smallest absolute Gasteiger partial charge is 0.137 e. The van der Waals surface area contributed by atoms with Crippen molar-refractivity contribution in [2.24, 2.45) is 0 Å². The molecule has 80 valence electrons. The molecule has 2 N–H and O–H groups in total. The maximum Gasteiger partial charge on any atom is 0.137 e. The van der Waals surface area contributed by atoms with Crippen molar-refractivity contribution < 1.29 is 5.11 Å². The Labute approximate surface area is 94.6 Å². The zero-order valence-electron chi connectivity index (χ0n) is 8.40. The molecule has 0 amide bonds. The summed E-state index contributed by atoms with van der Waals surface area (Å²) in [6.45, 7) is 1.89. The van der Waals surface area contributed by atoms with Gasteiger partial charge in [-0.2, -0.15) is 0 Å². The molecule has 0 saturated heterocycles. The highest BCUT2D eigenvalue weighted by Crippen LogP contribution is 2.17. The molecule has 0 radical (unpaired) electrons. The van der Waals surface area contributed by atoms with Crippen LogP contribution >= 0.6 is 12.4 Å². The Morgan fingerprint density at radius 2 is 1.93 bits per heavy atom. The van der Waals surface area contributed by atoms with Crippen LogP contribution < -0.4 is 0 Å². The fourth-order valence-electron chi connectivity index (χ4n) is 1.38. The maximum absolute atomic E-state index is 9.00. The van der Waals surface area contributed by atoms with Crippen molar-refractivity contribution in [3.05, 3.63) is 41.7 Å². The summed E-state index contributed by atoms with van der Waals surface area (Å²) in [7, 11) is 0. The number of aliphatic hydroxyl groups excluding tert-OH is 1. The molecule has 0 aliphatic carbocycles. The second-order valence-electron chi connectivity index (χ2n) is 3.18. The molecule has 4 heteroatoms. The van der Waals surface area contributed by atoms with Crippen LogP contribution in [0, 0.1) is 6.92 Å². The van der Waals surface area contributed by atoms with Gasteiger partial charge in [0.05, 0.1) is 12.3 Å². The quantitative estimate of drug-likeness (QED) is 0.823. The molecule has 15 heavy (non-hydrogen) atoms. The monoisotopic (exact) mass is 224 g/mol. The Balaban J connectivity index is 0.00000112. The molecule has 0 fully saturated rings. The number of aliphatic hydroxyl groups is 1. The average Bonchev–Trinajstić information content (AvgIpc) is 2.61. The fraction of sp³-hybridized carbons (Fsp3) is 0.182. The first-order valence-corrected chi connectivity index (χ1v) is 4.53. The summed E-state index contributed by atoms with van der Waals surface area (Å²) in [5.41, 5.74) is 2.67. The third kappa shape index (κ3) is 2.37. The predicted octanol–water partition coefficient (Wildman–Crippen LogP) is 2.30. The van der Waals surface area contributed by atoms with E-state index in [4.69, 9.17) is 5.11 Å². The molecule has 1 heterocycles. The van der Waals surface area contributed by atoms with Crippen molar-refractivity contribution in [2.45, 2.75) is 13.5 Å². The number of aryl methyl sites for hydroxylation is 1. The molecule has 1 aromatic heterocycles. The predicted molar refractivity (Wildman–Crippen MR) is 61.9 cm³/mol. The van der Waals surface area contributed by atoms with E-state index in [2.05, 4.69) is 9.97 Å². The summed E-state index contributed by atoms with van der Waals surface area (Å²) in [5, 5.41) is 9.00. The second kappa shape index (κ2) is 4.96. The van der Waals surface area contributed by atoms with E-state index in [1.165, 1.54) is 0 Å². The van der Waals surface area contributed by atoms with Crippen LogP contribution in [0.5, 0.6) is 0 Å². The maximum atomic E-state index is 9.00. The summed E-state index contributed by atoms with van der Waals surface area (Å²) in [6, 6.07) is 9.86. The van der Waals surface area contributed by atoms with Gasteiger partial charge in [-0.05, 0) is 6.92 Å². The van der Waals surface area contributed by atoms with Crippen LogP contribution in [-0.2, 0) is 6.61 Å². The van der Waals surface area contributed by atoms with Gasteiger partial charge in [0.25, 0.3) is 0 Å². The molecule has 2 rings (SSSR count). The van der Waals surface area contributed by atoms with Gasteiger partial charge in [0.15, 0.2) is 0 Å². The number of nitrogens with one attached hydrogen (secondary N) is 1. The highest BCUT2D eigenvalue weighted by molar-refractivity contribution is 5.85. The molecule has 1 aromatic carbocycles. The van der Waals surface area contributed by atoms with Crippen molar-refractivity contribution >= 4 is 12.4 Å². The molecule has 0 bridgehead atoms. The fourth-order valence-corrected chi connectivity index (χ4v) is 1.38. The van der Waals surface area contributed by atoms with Gasteiger partial charge in [0.1, 0.15) is 5.82 Å². The van der Waals surface area contributed by atoms with E-state index < -0.39 is 0 Å². The molecule has 3 nitrogen and oxygen atoms in total. The number of hydrogen-bond acceptors (Lipinski definition) is 2. The number of aromatic nitrogens is 2. The number of H-pyrrole nitrogens is 1. The van der Waals surface area contributed by atoms with Crippen LogP contribution in [0.1, 0.15) is 11.4 Å². The molecule has 2 aromatic rings. The third-order valence-electron chi connectivity index (χ3n) is 2.18. The normalized spacial score (nSPS) is 9.73. The minimum atomic E-state index is -0.0187. The zero-order chi connectivity index (χ0) is 9.97. The number of aromatic amines is 1.